The van der Waals surface area contributed by atoms with Crippen molar-refractivity contribution in [3.8, 4) is 0 Å². The van der Waals surface area contributed by atoms with E-state index in [0.717, 1.165) is 0 Å². The van der Waals surface area contributed by atoms with Crippen LogP contribution in [0.2, 0.25) is 0 Å². The van der Waals surface area contributed by atoms with Crippen molar-refractivity contribution < 1.29 is 0 Å². The zero-order valence-electron chi connectivity index (χ0n) is 7.25. The van der Waals surface area contributed by atoms with E-state index >= 15 is 0 Å². The van der Waals surface area contributed by atoms with Gasteiger partial charge in [-0.15, -0.1) is 0 Å². The first-order chi connectivity index (χ1) is 6.79. The fourth-order valence-electron chi connectivity index (χ4n) is 0.765. The molecule has 0 spiro atoms. The molecule has 0 unspecified atom stereocenters. The number of aliphatic imine (C=N–C) groups is 1. The lowest BCUT2D eigenvalue weighted by Crippen LogP contribution is -2.20. The molecule has 0 aliphatic heterocycles. The van der Waals surface area contributed by atoms with Gasteiger partial charge in [0.1, 0.15) is 6.34 Å². The first kappa shape index (κ1) is 9.86. The van der Waals surface area contributed by atoms with Crippen LogP contribution in [0.4, 0.5) is 5.82 Å². The second-order valence-electron chi connectivity index (χ2n) is 2.17. The van der Waals surface area contributed by atoms with E-state index in [1.54, 1.807) is 0 Å². The Morgan fingerprint density at radius 2 is 2.14 bits per heavy atom. The van der Waals surface area contributed by atoms with Crippen molar-refractivity contribution in [2.45, 2.75) is 0 Å². The summed E-state index contributed by atoms with van der Waals surface area (Å²) >= 11 is 0. The number of nitrogens with zero attached hydrogens (tertiary/aromatic N) is 4. The number of nitrogens with two attached hydrogens (primary N) is 3. The number of hydrogen-bond acceptors (Lipinski definition) is 6. The lowest BCUT2D eigenvalue weighted by molar-refractivity contribution is 1.04. The van der Waals surface area contributed by atoms with Gasteiger partial charge in [-0.1, -0.05) is 0 Å². The molecule has 8 nitrogen and oxygen atoms in total. The smallest absolute Gasteiger partial charge is 0.183 e. The highest BCUT2D eigenvalue weighted by molar-refractivity contribution is 5.99. The van der Waals surface area contributed by atoms with Crippen molar-refractivity contribution in [1.29, 1.82) is 0 Å². The minimum atomic E-state index is 0.0577. The second kappa shape index (κ2) is 4.72. The topological polar surface area (TPSA) is 141 Å². The van der Waals surface area contributed by atoms with Crippen LogP contribution < -0.4 is 22.8 Å². The molecule has 0 saturated carbocycles. The molecular formula is C6H10N8. The molecule has 0 radical (unpaired) electrons. The Morgan fingerprint density at radius 1 is 1.43 bits per heavy atom. The Kier molecular flexibility index (Phi) is 3.33. The van der Waals surface area contributed by atoms with Gasteiger partial charge >= 0.3 is 0 Å². The van der Waals surface area contributed by atoms with Gasteiger partial charge < -0.3 is 17.0 Å². The molecule has 1 heterocycles. The number of rotatable bonds is 3. The van der Waals surface area contributed by atoms with Gasteiger partial charge in [0.25, 0.3) is 0 Å². The second-order valence-corrected chi connectivity index (χ2v) is 2.17. The molecule has 0 aliphatic carbocycles. The van der Waals surface area contributed by atoms with Crippen LogP contribution >= 0.6 is 0 Å². The van der Waals surface area contributed by atoms with Crippen molar-refractivity contribution in [2.75, 3.05) is 0 Å². The van der Waals surface area contributed by atoms with E-state index in [4.69, 9.17) is 17.4 Å². The number of nitrogens with one attached hydrogen (secondary N) is 1. The van der Waals surface area contributed by atoms with Gasteiger partial charge in [-0.3, -0.25) is 0 Å². The number of hydrazone groups is 1. The molecule has 0 saturated heterocycles. The van der Waals surface area contributed by atoms with Gasteiger partial charge in [-0.2, -0.15) is 5.10 Å². The Morgan fingerprint density at radius 3 is 2.79 bits per heavy atom. The van der Waals surface area contributed by atoms with Crippen LogP contribution in [0.1, 0.15) is 5.69 Å². The molecule has 0 aromatic carbocycles. The lowest BCUT2D eigenvalue weighted by atomic mass is 10.4. The minimum Gasteiger partial charge on any atom is -0.380 e. The monoisotopic (exact) mass is 194 g/mol. The fraction of sp³-hybridized carbons (Fsp3) is 0. The summed E-state index contributed by atoms with van der Waals surface area (Å²) in [6, 6.07) is 0. The van der Waals surface area contributed by atoms with Crippen molar-refractivity contribution in [1.82, 2.24) is 15.4 Å². The quantitative estimate of drug-likeness (QED) is 0.193. The molecule has 8 heteroatoms. The van der Waals surface area contributed by atoms with Crippen LogP contribution in [0.5, 0.6) is 0 Å². The summed E-state index contributed by atoms with van der Waals surface area (Å²) in [5, 5.41) is 3.29. The maximum absolute atomic E-state index is 5.46. The van der Waals surface area contributed by atoms with Crippen LogP contribution in [0.3, 0.4) is 0 Å². The molecule has 74 valence electrons. The largest absolute Gasteiger partial charge is 0.380 e. The van der Waals surface area contributed by atoms with Crippen LogP contribution in [-0.4, -0.2) is 22.1 Å². The minimum absolute atomic E-state index is 0.0577. The number of amidine groups is 1. The first-order valence-corrected chi connectivity index (χ1v) is 3.63. The first-order valence-electron chi connectivity index (χ1n) is 3.63. The van der Waals surface area contributed by atoms with Crippen LogP contribution in [0.25, 0.3) is 0 Å². The van der Waals surface area contributed by atoms with E-state index in [9.17, 15) is 0 Å². The van der Waals surface area contributed by atoms with Crippen LogP contribution in [-0.2, 0) is 0 Å². The summed E-state index contributed by atoms with van der Waals surface area (Å²) in [4.78, 5) is 11.7. The Bertz CT molecular complexity index is 357. The third kappa shape index (κ3) is 2.14. The Hall–Kier alpha value is -2.22. The summed E-state index contributed by atoms with van der Waals surface area (Å²) in [5.74, 6) is 10.4. The molecule has 0 aliphatic rings. The molecular weight excluding hydrogens is 184 g/mol. The summed E-state index contributed by atoms with van der Waals surface area (Å²) in [7, 11) is 0. The normalized spacial score (nSPS) is 11.9. The molecule has 1 rings (SSSR count). The Balaban J connectivity index is 3.09. The summed E-state index contributed by atoms with van der Waals surface area (Å²) in [6.45, 7) is 0. The number of hydrogen-bond donors (Lipinski definition) is 4. The highest BCUT2D eigenvalue weighted by Gasteiger charge is 2.06. The van der Waals surface area contributed by atoms with E-state index in [-0.39, 0.29) is 11.7 Å². The molecule has 0 fully saturated rings. The van der Waals surface area contributed by atoms with Crippen molar-refractivity contribution in [3.63, 3.8) is 0 Å². The van der Waals surface area contributed by atoms with E-state index in [1.165, 1.54) is 18.7 Å². The van der Waals surface area contributed by atoms with E-state index in [2.05, 4.69) is 25.5 Å². The standard InChI is InChI=1S/C6H10N8/c7-5(14-9)4-6(12-3-13-8)11-2-1-10-4/h1-3H,8-9H2,(H2,7,14)(H,11,12,13). The van der Waals surface area contributed by atoms with Gasteiger partial charge in [0.2, 0.25) is 0 Å². The van der Waals surface area contributed by atoms with E-state index < -0.39 is 0 Å². The average molecular weight is 194 g/mol. The maximum Gasteiger partial charge on any atom is 0.183 e. The summed E-state index contributed by atoms with van der Waals surface area (Å²) in [6.07, 6.45) is 4.18. The highest BCUT2D eigenvalue weighted by atomic mass is 15.2. The molecule has 14 heavy (non-hydrogen) atoms. The van der Waals surface area contributed by atoms with Crippen molar-refractivity contribution >= 4 is 18.0 Å². The van der Waals surface area contributed by atoms with Crippen LogP contribution in [0.15, 0.2) is 22.5 Å². The molecule has 1 aromatic heterocycles. The average Bonchev–Trinajstić information content (AvgIpc) is 2.25. The SMILES string of the molecule is N/N=C(\N)c1nccnc1N=CNN. The van der Waals surface area contributed by atoms with E-state index in [0.29, 0.717) is 5.69 Å². The van der Waals surface area contributed by atoms with Gasteiger partial charge in [-0.25, -0.2) is 20.8 Å². The summed E-state index contributed by atoms with van der Waals surface area (Å²) in [5.41, 5.74) is 8.00. The van der Waals surface area contributed by atoms with Crippen LogP contribution in [0, 0.1) is 0 Å². The number of aromatic nitrogens is 2. The molecule has 0 bridgehead atoms. The predicted octanol–water partition coefficient (Wildman–Crippen LogP) is -1.82. The number of hydrazine groups is 1. The lowest BCUT2D eigenvalue weighted by Gasteiger charge is -2.00. The molecule has 7 N–H and O–H groups in total. The Labute approximate surface area is 79.9 Å². The fourth-order valence-corrected chi connectivity index (χ4v) is 0.765. The molecule has 1 aromatic rings. The van der Waals surface area contributed by atoms with Gasteiger partial charge in [0, 0.05) is 12.4 Å². The highest BCUT2D eigenvalue weighted by Crippen LogP contribution is 2.10. The van der Waals surface area contributed by atoms with Gasteiger partial charge in [-0.05, 0) is 0 Å². The van der Waals surface area contributed by atoms with E-state index in [1.807, 2.05) is 0 Å². The third-order valence-electron chi connectivity index (χ3n) is 1.32. The van der Waals surface area contributed by atoms with Crippen molar-refractivity contribution in [2.24, 2.45) is 27.5 Å². The van der Waals surface area contributed by atoms with Gasteiger partial charge in [0.05, 0.1) is 0 Å². The predicted molar refractivity (Wildman–Crippen MR) is 52.4 cm³/mol. The third-order valence-corrected chi connectivity index (χ3v) is 1.32. The zero-order chi connectivity index (χ0) is 10.4. The van der Waals surface area contributed by atoms with Crippen molar-refractivity contribution in [3.05, 3.63) is 18.1 Å². The van der Waals surface area contributed by atoms with Gasteiger partial charge in [0.15, 0.2) is 17.3 Å². The maximum atomic E-state index is 5.46. The molecule has 0 atom stereocenters. The molecule has 0 amide bonds. The summed E-state index contributed by atoms with van der Waals surface area (Å²) < 4.78 is 0. The zero-order valence-corrected chi connectivity index (χ0v) is 7.25.